The molecule has 0 aliphatic carbocycles. The summed E-state index contributed by atoms with van der Waals surface area (Å²) >= 11 is 0. The maximum Gasteiger partial charge on any atom is 0.401 e. The van der Waals surface area contributed by atoms with Crippen molar-refractivity contribution >= 4 is 11.6 Å². The number of nitrogens with one attached hydrogen (secondary N) is 1. The molecule has 4 nitrogen and oxygen atoms in total. The van der Waals surface area contributed by atoms with Gasteiger partial charge in [0.1, 0.15) is 5.82 Å². The van der Waals surface area contributed by atoms with Gasteiger partial charge in [0.25, 0.3) is 0 Å². The van der Waals surface area contributed by atoms with Gasteiger partial charge in [-0.25, -0.2) is 4.39 Å². The molecule has 0 bridgehead atoms. The Morgan fingerprint density at radius 2 is 1.95 bits per heavy atom. The molecule has 8 heteroatoms. The Morgan fingerprint density at radius 3 is 2.50 bits per heavy atom. The molecule has 112 valence electrons. The SMILES string of the molecule is O=C(CN(CCO)CC(F)(F)F)Nc1ccccc1F. The Morgan fingerprint density at radius 1 is 1.30 bits per heavy atom. The van der Waals surface area contributed by atoms with E-state index in [9.17, 15) is 22.4 Å². The maximum atomic E-state index is 13.3. The molecular formula is C12H14F4N2O2. The minimum Gasteiger partial charge on any atom is -0.395 e. The van der Waals surface area contributed by atoms with Gasteiger partial charge in [-0.2, -0.15) is 13.2 Å². The van der Waals surface area contributed by atoms with Crippen LogP contribution in [0.5, 0.6) is 0 Å². The number of aliphatic hydroxyl groups is 1. The molecule has 1 rings (SSSR count). The fourth-order valence-electron chi connectivity index (χ4n) is 1.56. The van der Waals surface area contributed by atoms with E-state index >= 15 is 0 Å². The number of halogens is 4. The molecule has 1 amide bonds. The van der Waals surface area contributed by atoms with E-state index in [0.717, 1.165) is 11.0 Å². The average molecular weight is 294 g/mol. The third-order valence-corrected chi connectivity index (χ3v) is 2.33. The minimum absolute atomic E-state index is 0.103. The van der Waals surface area contributed by atoms with Crippen molar-refractivity contribution in [2.24, 2.45) is 0 Å². The summed E-state index contributed by atoms with van der Waals surface area (Å²) in [6, 6.07) is 5.33. The molecule has 1 aromatic rings. The first-order valence-corrected chi connectivity index (χ1v) is 5.76. The first-order chi connectivity index (χ1) is 9.31. The quantitative estimate of drug-likeness (QED) is 0.784. The van der Waals surface area contributed by atoms with E-state index in [4.69, 9.17) is 5.11 Å². The van der Waals surface area contributed by atoms with Gasteiger partial charge in [-0.1, -0.05) is 12.1 Å². The van der Waals surface area contributed by atoms with Crippen LogP contribution >= 0.6 is 0 Å². The summed E-state index contributed by atoms with van der Waals surface area (Å²) in [5.41, 5.74) is -0.103. The summed E-state index contributed by atoms with van der Waals surface area (Å²) in [7, 11) is 0. The number of alkyl halides is 3. The highest BCUT2D eigenvalue weighted by Crippen LogP contribution is 2.16. The third kappa shape index (κ3) is 5.98. The number of hydrogen-bond donors (Lipinski definition) is 2. The molecule has 0 saturated heterocycles. The van der Waals surface area contributed by atoms with Crippen LogP contribution in [-0.2, 0) is 4.79 Å². The van der Waals surface area contributed by atoms with Crippen molar-refractivity contribution in [1.29, 1.82) is 0 Å². The largest absolute Gasteiger partial charge is 0.401 e. The van der Waals surface area contributed by atoms with Crippen LogP contribution in [0.25, 0.3) is 0 Å². The molecular weight excluding hydrogens is 280 g/mol. The van der Waals surface area contributed by atoms with Crippen molar-refractivity contribution < 1.29 is 27.5 Å². The standard InChI is InChI=1S/C12H14F4N2O2/c13-9-3-1-2-4-10(9)17-11(20)7-18(5-6-19)8-12(14,15)16/h1-4,19H,5-8H2,(H,17,20). The Bertz CT molecular complexity index is 451. The maximum absolute atomic E-state index is 13.3. The Kier molecular flexibility index (Phi) is 5.90. The summed E-state index contributed by atoms with van der Waals surface area (Å²) in [5, 5.41) is 10.9. The summed E-state index contributed by atoms with van der Waals surface area (Å²) in [4.78, 5) is 12.3. The van der Waals surface area contributed by atoms with E-state index < -0.39 is 37.6 Å². The molecule has 0 aliphatic rings. The van der Waals surface area contributed by atoms with E-state index in [1.165, 1.54) is 18.2 Å². The second-order valence-corrected chi connectivity index (χ2v) is 4.08. The van der Waals surface area contributed by atoms with Crippen molar-refractivity contribution in [3.63, 3.8) is 0 Å². The highest BCUT2D eigenvalue weighted by atomic mass is 19.4. The van der Waals surface area contributed by atoms with Crippen LogP contribution in [0.1, 0.15) is 0 Å². The van der Waals surface area contributed by atoms with Crippen molar-refractivity contribution in [2.75, 3.05) is 31.6 Å². The molecule has 2 N–H and O–H groups in total. The van der Waals surface area contributed by atoms with E-state index in [0.29, 0.717) is 0 Å². The van der Waals surface area contributed by atoms with Crippen molar-refractivity contribution in [2.45, 2.75) is 6.18 Å². The normalized spacial score (nSPS) is 11.7. The summed E-state index contributed by atoms with van der Waals surface area (Å²) < 4.78 is 50.0. The molecule has 0 spiro atoms. The number of anilines is 1. The topological polar surface area (TPSA) is 52.6 Å². The van der Waals surface area contributed by atoms with Crippen LogP contribution in [-0.4, -0.2) is 48.3 Å². The van der Waals surface area contributed by atoms with Crippen LogP contribution in [0.2, 0.25) is 0 Å². The van der Waals surface area contributed by atoms with E-state index in [2.05, 4.69) is 5.32 Å². The zero-order valence-electron chi connectivity index (χ0n) is 10.5. The van der Waals surface area contributed by atoms with Crippen LogP contribution in [0.4, 0.5) is 23.2 Å². The van der Waals surface area contributed by atoms with Gasteiger partial charge in [-0.15, -0.1) is 0 Å². The van der Waals surface area contributed by atoms with Gasteiger partial charge >= 0.3 is 6.18 Å². The third-order valence-electron chi connectivity index (χ3n) is 2.33. The molecule has 1 aromatic carbocycles. The van der Waals surface area contributed by atoms with Gasteiger partial charge in [-0.3, -0.25) is 9.69 Å². The van der Waals surface area contributed by atoms with Crippen molar-refractivity contribution in [1.82, 2.24) is 4.90 Å². The van der Waals surface area contributed by atoms with Gasteiger partial charge in [0, 0.05) is 6.54 Å². The summed E-state index contributed by atoms with van der Waals surface area (Å²) in [6.07, 6.45) is -4.48. The van der Waals surface area contributed by atoms with Crippen LogP contribution in [0.15, 0.2) is 24.3 Å². The zero-order valence-corrected chi connectivity index (χ0v) is 10.5. The van der Waals surface area contributed by atoms with Crippen LogP contribution in [0, 0.1) is 5.82 Å². The van der Waals surface area contributed by atoms with Gasteiger partial charge in [0.2, 0.25) is 5.91 Å². The Hall–Kier alpha value is -1.67. The molecule has 0 unspecified atom stereocenters. The number of para-hydroxylation sites is 1. The molecule has 0 aliphatic heterocycles. The molecule has 0 radical (unpaired) electrons. The second-order valence-electron chi connectivity index (χ2n) is 4.08. The number of nitrogens with zero attached hydrogens (tertiary/aromatic N) is 1. The lowest BCUT2D eigenvalue weighted by molar-refractivity contribution is -0.148. The molecule has 0 aromatic heterocycles. The van der Waals surface area contributed by atoms with Crippen LogP contribution < -0.4 is 5.32 Å². The van der Waals surface area contributed by atoms with E-state index in [1.54, 1.807) is 0 Å². The number of aliphatic hydroxyl groups excluding tert-OH is 1. The lowest BCUT2D eigenvalue weighted by Gasteiger charge is -2.22. The Labute approximate surface area is 113 Å². The summed E-state index contributed by atoms with van der Waals surface area (Å²) in [6.45, 7) is -2.72. The molecule has 20 heavy (non-hydrogen) atoms. The van der Waals surface area contributed by atoms with Gasteiger partial charge in [-0.05, 0) is 12.1 Å². The first kappa shape index (κ1) is 16.4. The van der Waals surface area contributed by atoms with E-state index in [-0.39, 0.29) is 12.2 Å². The number of rotatable bonds is 6. The molecule has 0 atom stereocenters. The molecule has 0 saturated carbocycles. The highest BCUT2D eigenvalue weighted by Gasteiger charge is 2.31. The predicted molar refractivity (Wildman–Crippen MR) is 64.6 cm³/mol. The summed E-state index contributed by atoms with van der Waals surface area (Å²) in [5.74, 6) is -1.46. The number of benzene rings is 1. The zero-order chi connectivity index (χ0) is 15.2. The number of carbonyl (C=O) groups is 1. The van der Waals surface area contributed by atoms with Crippen molar-refractivity contribution in [3.05, 3.63) is 30.1 Å². The monoisotopic (exact) mass is 294 g/mol. The van der Waals surface area contributed by atoms with Gasteiger partial charge in [0.15, 0.2) is 0 Å². The fraction of sp³-hybridized carbons (Fsp3) is 0.417. The van der Waals surface area contributed by atoms with Gasteiger partial charge in [0.05, 0.1) is 25.4 Å². The predicted octanol–water partition coefficient (Wildman–Crippen LogP) is 1.62. The Balaban J connectivity index is 2.60. The number of hydrogen-bond acceptors (Lipinski definition) is 3. The van der Waals surface area contributed by atoms with Gasteiger partial charge < -0.3 is 10.4 Å². The van der Waals surface area contributed by atoms with Crippen molar-refractivity contribution in [3.8, 4) is 0 Å². The lowest BCUT2D eigenvalue weighted by Crippen LogP contribution is -2.41. The number of amides is 1. The first-order valence-electron chi connectivity index (χ1n) is 5.76. The number of carbonyl (C=O) groups excluding carboxylic acids is 1. The molecule has 0 heterocycles. The lowest BCUT2D eigenvalue weighted by atomic mass is 10.3. The molecule has 0 fully saturated rings. The van der Waals surface area contributed by atoms with E-state index in [1.807, 2.05) is 0 Å². The highest BCUT2D eigenvalue weighted by molar-refractivity contribution is 5.92. The second kappa shape index (κ2) is 7.20. The average Bonchev–Trinajstić information content (AvgIpc) is 2.30. The fourth-order valence-corrected chi connectivity index (χ4v) is 1.56. The minimum atomic E-state index is -4.48. The smallest absolute Gasteiger partial charge is 0.395 e. The van der Waals surface area contributed by atoms with Crippen LogP contribution in [0.3, 0.4) is 0 Å².